The number of carbonyl (C=O) groups excluding carboxylic acids is 3. The third-order valence-electron chi connectivity index (χ3n) is 3.78. The Balaban J connectivity index is -0.0000000183. The molecule has 6 unspecified atom stereocenters. The number of carbonyl (C=O) groups is 3. The maximum absolute atomic E-state index is 9.85. The summed E-state index contributed by atoms with van der Waals surface area (Å²) in [5.41, 5.74) is 6.41. The first kappa shape index (κ1) is 139. The Labute approximate surface area is 526 Å². The van der Waals surface area contributed by atoms with Crippen molar-refractivity contribution in [3.05, 3.63) is 82.8 Å². The van der Waals surface area contributed by atoms with E-state index in [2.05, 4.69) is 73.6 Å². The summed E-state index contributed by atoms with van der Waals surface area (Å²) in [6.07, 6.45) is -0.650. The van der Waals surface area contributed by atoms with Crippen molar-refractivity contribution in [3.63, 3.8) is 0 Å². The minimum absolute atomic E-state index is 0. The van der Waals surface area contributed by atoms with Gasteiger partial charge in [0, 0.05) is 18.3 Å². The Bertz CT molecular complexity index is 736. The zero-order chi connectivity index (χ0) is 47.4. The second-order valence-electron chi connectivity index (χ2n) is 11.7. The maximum atomic E-state index is 9.85. The summed E-state index contributed by atoms with van der Waals surface area (Å²) in [4.78, 5) is 35.9. The second-order valence-corrected chi connectivity index (χ2v) is 12.3. The first-order chi connectivity index (χ1) is 25.5. The van der Waals surface area contributed by atoms with Crippen LogP contribution >= 0.6 is 39.9 Å². The van der Waals surface area contributed by atoms with Gasteiger partial charge in [0.05, 0.1) is 29.4 Å². The number of nitrogens with one attached hydrogen (secondary N) is 2. The van der Waals surface area contributed by atoms with Crippen molar-refractivity contribution in [2.45, 2.75) is 125 Å². The van der Waals surface area contributed by atoms with Crippen LogP contribution in [0, 0.1) is 71.7 Å². The fourth-order valence-electron chi connectivity index (χ4n) is 1.80. The van der Waals surface area contributed by atoms with Crippen molar-refractivity contribution in [3.8, 4) is 0 Å². The van der Waals surface area contributed by atoms with Crippen LogP contribution in [-0.4, -0.2) is 176 Å². The van der Waals surface area contributed by atoms with Gasteiger partial charge in [-0.2, -0.15) is 27.4 Å². The van der Waals surface area contributed by atoms with Gasteiger partial charge in [-0.25, -0.2) is 0 Å². The number of aliphatic hydroxyl groups excluding tert-OH is 7. The van der Waals surface area contributed by atoms with Crippen LogP contribution in [-0.2, 0) is 141 Å². The number of hydrogen-bond donors (Lipinski definition) is 9. The van der Waals surface area contributed by atoms with Crippen LogP contribution in [0.5, 0.6) is 0 Å². The molecule has 0 rings (SSSR count). The Morgan fingerprint density at radius 2 is 0.970 bits per heavy atom. The quantitative estimate of drug-likeness (QED) is 0.0354. The Morgan fingerprint density at radius 1 is 0.701 bits per heavy atom. The van der Waals surface area contributed by atoms with E-state index in [1.807, 2.05) is 14.1 Å². The smallest absolute Gasteiger partial charge is 0.675 e. The van der Waals surface area contributed by atoms with Crippen LogP contribution in [0.3, 0.4) is 0 Å². The van der Waals surface area contributed by atoms with Crippen molar-refractivity contribution in [2.24, 2.45) is 4.99 Å². The summed E-state index contributed by atoms with van der Waals surface area (Å²) in [5, 5.41) is 73.3. The molecule has 0 aromatic rings. The molecule has 6 atom stereocenters. The van der Waals surface area contributed by atoms with E-state index in [1.54, 1.807) is 65.3 Å². The number of Topliss-reactive ketones (excluding diaryl/α,β-unsaturated/α-hetero) is 3. The standard InChI is InChI=1S/2C5H12NO.C5H11O.2C4H10NO.C4H6NO.C3H5BrO.C3H8NO.C3H6O3.C2H5.4CH3.HI.6W/c2*1-5(7)4-6(2)3;1-3-4-5(2)6;3*1-4(6)3-5-2;2*1-3(5)2-4;1-2(4)3(5)6;1-2;;;;;;;;;;;/h2*5,7H,2,4H2,1,3H3;5-6H,1,3-4H2,2H3;4,6H,3H2,1-2H3;4-6H,2-3H2,1H3;3H,2H2,1H3;2H2,1H3;3-5H,2H2,1H3;3,5-6H,1H3;1H2,2H3;4*1H3;1H;;;;;;/q6*-1;;-1;;5*-1;;6*+2. The van der Waals surface area contributed by atoms with Gasteiger partial charge in [0.2, 0.25) is 6.29 Å². The summed E-state index contributed by atoms with van der Waals surface area (Å²) < 4.78 is 0. The van der Waals surface area contributed by atoms with E-state index in [1.165, 1.54) is 20.1 Å². The molecule has 0 spiro atoms. The molecule has 0 aromatic carbocycles. The number of nitrogens with zero attached hydrogens (tertiary/aromatic N) is 4. The fourth-order valence-corrected chi connectivity index (χ4v) is 1.80. The van der Waals surface area contributed by atoms with Gasteiger partial charge in [-0.3, -0.25) is 30.7 Å². The van der Waals surface area contributed by atoms with Gasteiger partial charge in [0.15, 0.2) is 5.78 Å². The summed E-state index contributed by atoms with van der Waals surface area (Å²) >= 11 is 2.96. The van der Waals surface area contributed by atoms with Gasteiger partial charge >= 0.3 is 126 Å². The molecule has 0 heterocycles. The molecule has 0 bridgehead atoms. The molecule has 67 heavy (non-hydrogen) atoms. The Hall–Kier alpha value is 3.37. The molecule has 412 valence electrons. The monoisotopic (exact) mass is 2170 g/mol. The average molecular weight is 2170 g/mol. The minimum atomic E-state index is -1.79. The molecule has 17 nitrogen and oxygen atoms in total. The molecule has 10 N–H and O–H groups in total. The second kappa shape index (κ2) is 123. The Morgan fingerprint density at radius 3 is 0.970 bits per heavy atom. The molecule has 25 heteroatoms. The Kier molecular flexibility index (Phi) is 255. The predicted octanol–water partition coefficient (Wildman–Crippen LogP) is 5.24. The maximum Gasteiger partial charge on any atom is 2.00 e. The number of ketones is 3. The van der Waals surface area contributed by atoms with Crippen molar-refractivity contribution >= 4 is 63.5 Å². The summed E-state index contributed by atoms with van der Waals surface area (Å²) in [6, 6.07) is 0. The van der Waals surface area contributed by atoms with Crippen LogP contribution < -0.4 is 5.32 Å². The number of alkyl halides is 1. The van der Waals surface area contributed by atoms with Crippen molar-refractivity contribution in [1.29, 1.82) is 0 Å². The van der Waals surface area contributed by atoms with Crippen molar-refractivity contribution in [1.82, 2.24) is 15.1 Å². The van der Waals surface area contributed by atoms with E-state index < -0.39 is 18.2 Å². The zero-order valence-electron chi connectivity index (χ0n) is 43.8. The van der Waals surface area contributed by atoms with E-state index in [4.69, 9.17) is 46.6 Å². The van der Waals surface area contributed by atoms with Crippen LogP contribution in [0.4, 0.5) is 0 Å². The van der Waals surface area contributed by atoms with Gasteiger partial charge in [-0.05, 0) is 96.0 Å². The molecule has 0 aliphatic heterocycles. The van der Waals surface area contributed by atoms with Crippen LogP contribution in [0.1, 0.15) is 82.1 Å². The molecule has 0 aliphatic carbocycles. The molecule has 0 aromatic heterocycles. The van der Waals surface area contributed by atoms with Gasteiger partial charge in [0.25, 0.3) is 0 Å². The number of aliphatic hydroxyl groups is 8. The third kappa shape index (κ3) is 320. The largest absolute Gasteiger partial charge is 2.00 e. The van der Waals surface area contributed by atoms with Gasteiger partial charge in [-0.15, -0.1) is 37.1 Å². The molecule has 0 radical (unpaired) electrons. The predicted molar refractivity (Wildman–Crippen MR) is 277 cm³/mol. The summed E-state index contributed by atoms with van der Waals surface area (Å²) in [7, 11) is 18.8. The normalized spacial score (nSPS) is 10.5. The van der Waals surface area contributed by atoms with E-state index in [-0.39, 0.29) is 229 Å². The van der Waals surface area contributed by atoms with Crippen LogP contribution in [0.2, 0.25) is 0 Å². The molecule has 0 aliphatic rings. The number of halogens is 2. The van der Waals surface area contributed by atoms with E-state index in [0.29, 0.717) is 31.5 Å². The topological polar surface area (TPSA) is 282 Å². The van der Waals surface area contributed by atoms with Crippen molar-refractivity contribution in [2.75, 3.05) is 59.2 Å². The molecular weight excluding hydrogens is 2070 g/mol. The first-order valence-electron chi connectivity index (χ1n) is 17.6. The molecule has 0 amide bonds. The van der Waals surface area contributed by atoms with E-state index in [9.17, 15) is 14.4 Å². The number of rotatable bonds is 14. The van der Waals surface area contributed by atoms with Gasteiger partial charge < -0.3 is 120 Å². The zero-order valence-corrected chi connectivity index (χ0v) is 65.4. The minimum Gasteiger partial charge on any atom is -0.675 e. The first-order valence-corrected chi connectivity index (χ1v) is 18.7. The molecule has 0 saturated carbocycles. The van der Waals surface area contributed by atoms with E-state index >= 15 is 0 Å². The van der Waals surface area contributed by atoms with Gasteiger partial charge in [0.1, 0.15) is 5.78 Å². The van der Waals surface area contributed by atoms with Crippen molar-refractivity contribution < 1.29 is 182 Å². The average Bonchev–Trinajstić information content (AvgIpc) is 3.02. The summed E-state index contributed by atoms with van der Waals surface area (Å²) in [6.45, 7) is 25.4. The number of aliphatic imine (C=N–C) groups is 1. The SMILES string of the molecule is CC(=O)C(O)O.CC(=O)CBr.CC(O)C[NH-].C[N-]CC(C)O.I.[CH2-]C.[CH2-]CCC(C)O.[CH2-]N(C)CC(C)O.[CH2-]N(C)CC(C)O.[CH2-]N=CC(C)=O.[CH2-]NCC(C)O.[CH3-].[CH3-].[CH3-].[CH3-].[W+2].[W+2].[W+2].[W+2].[W+2].[W+2]. The number of likely N-dealkylation sites (N-methyl/N-ethyl adjacent to an activating group) is 3. The molecular formula is C42H98BrIN6O11W6. The fraction of sp³-hybridized carbons (Fsp3) is 0.667. The molecule has 0 saturated heterocycles. The molecule has 0 fully saturated rings. The summed E-state index contributed by atoms with van der Waals surface area (Å²) in [5.74, 6) is -0.523. The van der Waals surface area contributed by atoms with Crippen LogP contribution in [0.25, 0.3) is 11.1 Å². The van der Waals surface area contributed by atoms with E-state index in [0.717, 1.165) is 19.8 Å². The number of hydrogen-bond acceptors (Lipinski definition) is 15. The van der Waals surface area contributed by atoms with Gasteiger partial charge in [-0.1, -0.05) is 28.6 Å². The van der Waals surface area contributed by atoms with Crippen LogP contribution in [0.15, 0.2) is 4.99 Å². The third-order valence-corrected chi connectivity index (χ3v) is 4.57.